The van der Waals surface area contributed by atoms with Gasteiger partial charge in [0.2, 0.25) is 0 Å². The quantitative estimate of drug-likeness (QED) is 0.938. The predicted octanol–water partition coefficient (Wildman–Crippen LogP) is 3.63. The molecule has 0 fully saturated rings. The van der Waals surface area contributed by atoms with Gasteiger partial charge in [0.05, 0.1) is 7.11 Å². The van der Waals surface area contributed by atoms with E-state index in [9.17, 15) is 4.79 Å². The zero-order valence-corrected chi connectivity index (χ0v) is 14.4. The predicted molar refractivity (Wildman–Crippen MR) is 91.8 cm³/mol. The average molecular weight is 312 g/mol. The van der Waals surface area contributed by atoms with Crippen molar-refractivity contribution < 1.29 is 9.53 Å². The van der Waals surface area contributed by atoms with E-state index >= 15 is 0 Å². The summed E-state index contributed by atoms with van der Waals surface area (Å²) in [4.78, 5) is 16.1. The minimum Gasteiger partial charge on any atom is -0.496 e. The molecule has 4 nitrogen and oxygen atoms in total. The average Bonchev–Trinajstić information content (AvgIpc) is 2.52. The monoisotopic (exact) mass is 312 g/mol. The molecule has 0 aliphatic rings. The Labute approximate surface area is 137 Å². The number of ether oxygens (including phenoxy) is 1. The molecular weight excluding hydrogens is 288 g/mol. The highest BCUT2D eigenvalue weighted by molar-refractivity contribution is 5.93. The standard InChI is InChI=1S/C19H24N2O2/c1-13-10-15(17(23-5)16(11-13)19(2,3)4)12-21-18(22)14-6-8-20-9-7-14/h6-11H,12H2,1-5H3,(H,21,22). The molecular formula is C19H24N2O2. The van der Waals surface area contributed by atoms with E-state index in [1.165, 1.54) is 0 Å². The zero-order chi connectivity index (χ0) is 17.0. The summed E-state index contributed by atoms with van der Waals surface area (Å²) in [7, 11) is 1.67. The Morgan fingerprint density at radius 1 is 1.22 bits per heavy atom. The van der Waals surface area contributed by atoms with Crippen LogP contribution in [0.4, 0.5) is 0 Å². The number of carbonyl (C=O) groups is 1. The van der Waals surface area contributed by atoms with Crippen LogP contribution in [0.15, 0.2) is 36.7 Å². The van der Waals surface area contributed by atoms with Crippen molar-refractivity contribution in [3.8, 4) is 5.75 Å². The van der Waals surface area contributed by atoms with Crippen molar-refractivity contribution in [2.24, 2.45) is 0 Å². The summed E-state index contributed by atoms with van der Waals surface area (Å²) in [6, 6.07) is 7.60. The molecule has 1 aromatic heterocycles. The molecule has 2 aromatic rings. The lowest BCUT2D eigenvalue weighted by Gasteiger charge is -2.25. The van der Waals surface area contributed by atoms with Gasteiger partial charge in [-0.2, -0.15) is 0 Å². The number of aromatic nitrogens is 1. The molecule has 23 heavy (non-hydrogen) atoms. The molecule has 2 rings (SSSR count). The summed E-state index contributed by atoms with van der Waals surface area (Å²) in [5, 5.41) is 2.95. The Morgan fingerprint density at radius 2 is 1.87 bits per heavy atom. The lowest BCUT2D eigenvalue weighted by molar-refractivity contribution is 0.0950. The molecule has 1 aromatic carbocycles. The van der Waals surface area contributed by atoms with Gasteiger partial charge in [-0.1, -0.05) is 38.5 Å². The highest BCUT2D eigenvalue weighted by Gasteiger charge is 2.22. The van der Waals surface area contributed by atoms with Gasteiger partial charge in [0.25, 0.3) is 5.91 Å². The minimum absolute atomic E-state index is 0.0266. The van der Waals surface area contributed by atoms with Crippen molar-refractivity contribution >= 4 is 5.91 Å². The van der Waals surface area contributed by atoms with Gasteiger partial charge in [0.1, 0.15) is 5.75 Å². The lowest BCUT2D eigenvalue weighted by Crippen LogP contribution is -2.24. The SMILES string of the molecule is COc1c(CNC(=O)c2ccncc2)cc(C)cc1C(C)(C)C. The molecule has 1 amide bonds. The van der Waals surface area contributed by atoms with E-state index in [1.807, 2.05) is 0 Å². The molecule has 1 heterocycles. The Morgan fingerprint density at radius 3 is 2.43 bits per heavy atom. The Hall–Kier alpha value is -2.36. The molecule has 0 unspecified atom stereocenters. The summed E-state index contributed by atoms with van der Waals surface area (Å²) < 4.78 is 5.63. The molecule has 0 aliphatic heterocycles. The molecule has 4 heteroatoms. The van der Waals surface area contributed by atoms with E-state index in [0.29, 0.717) is 12.1 Å². The normalized spacial score (nSPS) is 11.2. The summed E-state index contributed by atoms with van der Waals surface area (Å²) in [5.74, 6) is 0.728. The van der Waals surface area contributed by atoms with Crippen LogP contribution in [0.2, 0.25) is 0 Å². The molecule has 0 aliphatic carbocycles. The summed E-state index contributed by atoms with van der Waals surface area (Å²) in [5.41, 5.74) is 3.86. The second kappa shape index (κ2) is 6.82. The molecule has 0 spiro atoms. The maximum Gasteiger partial charge on any atom is 0.251 e. The van der Waals surface area contributed by atoms with Gasteiger partial charge < -0.3 is 10.1 Å². The highest BCUT2D eigenvalue weighted by Crippen LogP contribution is 2.35. The number of hydrogen-bond acceptors (Lipinski definition) is 3. The number of amides is 1. The van der Waals surface area contributed by atoms with E-state index in [-0.39, 0.29) is 11.3 Å². The first-order chi connectivity index (χ1) is 10.8. The van der Waals surface area contributed by atoms with Gasteiger partial charge in [-0.25, -0.2) is 0 Å². The first kappa shape index (κ1) is 17.0. The highest BCUT2D eigenvalue weighted by atomic mass is 16.5. The van der Waals surface area contributed by atoms with Gasteiger partial charge in [-0.15, -0.1) is 0 Å². The summed E-state index contributed by atoms with van der Waals surface area (Å²) in [6.07, 6.45) is 3.22. The van der Waals surface area contributed by atoms with Crippen molar-refractivity contribution in [1.29, 1.82) is 0 Å². The van der Waals surface area contributed by atoms with Crippen molar-refractivity contribution in [1.82, 2.24) is 10.3 Å². The van der Waals surface area contributed by atoms with Gasteiger partial charge in [-0.05, 0) is 24.5 Å². The van der Waals surface area contributed by atoms with Crippen LogP contribution in [0.1, 0.15) is 47.8 Å². The third-order valence-corrected chi connectivity index (χ3v) is 3.70. The zero-order valence-electron chi connectivity index (χ0n) is 14.4. The summed E-state index contributed by atoms with van der Waals surface area (Å²) in [6.45, 7) is 8.95. The minimum atomic E-state index is -0.117. The maximum atomic E-state index is 12.2. The second-order valence-electron chi connectivity index (χ2n) is 6.67. The number of methoxy groups -OCH3 is 1. The first-order valence-electron chi connectivity index (χ1n) is 7.69. The number of benzene rings is 1. The fourth-order valence-corrected chi connectivity index (χ4v) is 2.56. The van der Waals surface area contributed by atoms with Crippen molar-refractivity contribution in [2.75, 3.05) is 7.11 Å². The number of hydrogen-bond donors (Lipinski definition) is 1. The van der Waals surface area contributed by atoms with E-state index in [0.717, 1.165) is 22.4 Å². The summed E-state index contributed by atoms with van der Waals surface area (Å²) >= 11 is 0. The maximum absolute atomic E-state index is 12.2. The molecule has 0 saturated carbocycles. The van der Waals surface area contributed by atoms with Crippen LogP contribution in [0.5, 0.6) is 5.75 Å². The van der Waals surface area contributed by atoms with Crippen molar-refractivity contribution in [3.63, 3.8) is 0 Å². The number of carbonyl (C=O) groups excluding carboxylic acids is 1. The van der Waals surface area contributed by atoms with Crippen LogP contribution in [0.25, 0.3) is 0 Å². The second-order valence-corrected chi connectivity index (χ2v) is 6.67. The molecule has 1 N–H and O–H groups in total. The molecule has 0 radical (unpaired) electrons. The number of rotatable bonds is 4. The van der Waals surface area contributed by atoms with E-state index in [2.05, 4.69) is 50.1 Å². The smallest absolute Gasteiger partial charge is 0.251 e. The van der Waals surface area contributed by atoms with Gasteiger partial charge in [-0.3, -0.25) is 9.78 Å². The van der Waals surface area contributed by atoms with E-state index < -0.39 is 0 Å². The molecule has 0 bridgehead atoms. The molecule has 0 saturated heterocycles. The Bertz CT molecular complexity index is 689. The van der Waals surface area contributed by atoms with E-state index in [1.54, 1.807) is 31.6 Å². The van der Waals surface area contributed by atoms with Crippen molar-refractivity contribution in [2.45, 2.75) is 39.7 Å². The number of aryl methyl sites for hydroxylation is 1. The Balaban J connectivity index is 2.26. The van der Waals surface area contributed by atoms with Crippen LogP contribution in [-0.4, -0.2) is 18.0 Å². The van der Waals surface area contributed by atoms with Crippen LogP contribution in [0.3, 0.4) is 0 Å². The largest absolute Gasteiger partial charge is 0.496 e. The molecule has 122 valence electrons. The van der Waals surface area contributed by atoms with Gasteiger partial charge in [0, 0.05) is 35.6 Å². The van der Waals surface area contributed by atoms with Crippen LogP contribution in [0, 0.1) is 6.92 Å². The first-order valence-corrected chi connectivity index (χ1v) is 7.69. The lowest BCUT2D eigenvalue weighted by atomic mass is 9.84. The number of nitrogens with zero attached hydrogens (tertiary/aromatic N) is 1. The van der Waals surface area contributed by atoms with Crippen LogP contribution >= 0.6 is 0 Å². The fraction of sp³-hybridized carbons (Fsp3) is 0.368. The van der Waals surface area contributed by atoms with Crippen LogP contribution in [-0.2, 0) is 12.0 Å². The fourth-order valence-electron chi connectivity index (χ4n) is 2.56. The van der Waals surface area contributed by atoms with Crippen LogP contribution < -0.4 is 10.1 Å². The van der Waals surface area contributed by atoms with Crippen molar-refractivity contribution in [3.05, 3.63) is 58.9 Å². The Kier molecular flexibility index (Phi) is 5.04. The molecule has 0 atom stereocenters. The topological polar surface area (TPSA) is 51.2 Å². The van der Waals surface area contributed by atoms with Gasteiger partial charge >= 0.3 is 0 Å². The van der Waals surface area contributed by atoms with E-state index in [4.69, 9.17) is 4.74 Å². The third-order valence-electron chi connectivity index (χ3n) is 3.70. The van der Waals surface area contributed by atoms with Gasteiger partial charge in [0.15, 0.2) is 0 Å². The number of pyridine rings is 1. The third kappa shape index (κ3) is 4.09. The number of nitrogens with one attached hydrogen (secondary N) is 1.